The third kappa shape index (κ3) is 4.62. The maximum atomic E-state index is 11.1. The van der Waals surface area contributed by atoms with Crippen molar-refractivity contribution in [3.05, 3.63) is 71.4 Å². The first kappa shape index (κ1) is 19.7. The van der Waals surface area contributed by atoms with Crippen molar-refractivity contribution >= 4 is 35.5 Å². The topological polar surface area (TPSA) is 143 Å². The van der Waals surface area contributed by atoms with Crippen molar-refractivity contribution in [3.63, 3.8) is 0 Å². The van der Waals surface area contributed by atoms with Crippen molar-refractivity contribution in [2.45, 2.75) is 0 Å². The zero-order valence-corrected chi connectivity index (χ0v) is 15.6. The highest BCUT2D eigenvalue weighted by molar-refractivity contribution is 7.80. The fourth-order valence-corrected chi connectivity index (χ4v) is 2.58. The maximum Gasteiger partial charge on any atom is 0.335 e. The Bertz CT molecular complexity index is 1100. The monoisotopic (exact) mass is 409 g/mol. The number of hydrazone groups is 1. The minimum Gasteiger partial charge on any atom is -0.478 e. The smallest absolute Gasteiger partial charge is 0.335 e. The number of carboxylic acids is 2. The molecule has 1 aromatic heterocycles. The molecule has 10 heteroatoms. The van der Waals surface area contributed by atoms with Gasteiger partial charge in [0, 0.05) is 17.3 Å². The van der Waals surface area contributed by atoms with Crippen LogP contribution in [0.1, 0.15) is 26.3 Å². The highest BCUT2D eigenvalue weighted by Gasteiger charge is 2.13. The van der Waals surface area contributed by atoms with Gasteiger partial charge < -0.3 is 15.9 Å². The van der Waals surface area contributed by atoms with E-state index in [0.717, 1.165) is 0 Å². The fourth-order valence-electron chi connectivity index (χ4n) is 2.53. The first-order chi connectivity index (χ1) is 13.8. The number of hydrogen-bond donors (Lipinski definition) is 4. The molecular weight excluding hydrogens is 394 g/mol. The largest absolute Gasteiger partial charge is 0.478 e. The Morgan fingerprint density at radius 1 is 1.03 bits per heavy atom. The number of nitrogens with zero attached hydrogens (tertiary/aromatic N) is 3. The van der Waals surface area contributed by atoms with Crippen LogP contribution in [0.2, 0.25) is 0 Å². The molecule has 1 heterocycles. The van der Waals surface area contributed by atoms with Crippen molar-refractivity contribution in [1.29, 1.82) is 0 Å². The number of aromatic carboxylic acids is 2. The number of nitrogens with one attached hydrogen (secondary N) is 1. The minimum absolute atomic E-state index is 0.00487. The predicted octanol–water partition coefficient (Wildman–Crippen LogP) is 2.10. The van der Waals surface area contributed by atoms with E-state index in [2.05, 4.69) is 15.6 Å². The van der Waals surface area contributed by atoms with Gasteiger partial charge in [-0.15, -0.1) is 0 Å². The van der Waals surface area contributed by atoms with Crippen LogP contribution in [0.25, 0.3) is 16.9 Å². The quantitative estimate of drug-likeness (QED) is 0.275. The van der Waals surface area contributed by atoms with Crippen molar-refractivity contribution < 1.29 is 19.8 Å². The third-order valence-electron chi connectivity index (χ3n) is 3.91. The number of nitrogens with two attached hydrogens (primary N) is 1. The molecule has 9 nitrogen and oxygen atoms in total. The van der Waals surface area contributed by atoms with Crippen LogP contribution in [0.15, 0.2) is 59.8 Å². The minimum atomic E-state index is -1.02. The van der Waals surface area contributed by atoms with Gasteiger partial charge in [-0.1, -0.05) is 12.1 Å². The van der Waals surface area contributed by atoms with E-state index in [0.29, 0.717) is 22.5 Å². The molecule has 0 aliphatic heterocycles. The summed E-state index contributed by atoms with van der Waals surface area (Å²) in [6.45, 7) is 0. The molecule has 0 radical (unpaired) electrons. The summed E-state index contributed by atoms with van der Waals surface area (Å²) in [6.07, 6.45) is 3.18. The SMILES string of the molecule is NC(=S)N/N=C/c1cn(-c2ccc(C(=O)O)cc2)nc1-c1ccc(C(=O)O)cc1. The van der Waals surface area contributed by atoms with Crippen LogP contribution in [0.5, 0.6) is 0 Å². The van der Waals surface area contributed by atoms with Gasteiger partial charge in [0.15, 0.2) is 5.11 Å². The zero-order chi connectivity index (χ0) is 21.0. The molecule has 0 atom stereocenters. The molecule has 2 aromatic carbocycles. The maximum absolute atomic E-state index is 11.1. The molecule has 0 aliphatic carbocycles. The lowest BCUT2D eigenvalue weighted by molar-refractivity contribution is 0.0686. The van der Waals surface area contributed by atoms with Gasteiger partial charge in [0.05, 0.1) is 23.0 Å². The number of carbonyl (C=O) groups is 2. The summed E-state index contributed by atoms with van der Waals surface area (Å²) in [7, 11) is 0. The second-order valence-corrected chi connectivity index (χ2v) is 6.29. The van der Waals surface area contributed by atoms with Crippen molar-refractivity contribution in [3.8, 4) is 16.9 Å². The van der Waals surface area contributed by atoms with Gasteiger partial charge in [0.2, 0.25) is 0 Å². The normalized spacial score (nSPS) is 10.8. The molecule has 3 rings (SSSR count). The van der Waals surface area contributed by atoms with Crippen LogP contribution in [0, 0.1) is 0 Å². The van der Waals surface area contributed by atoms with E-state index in [4.69, 9.17) is 28.2 Å². The zero-order valence-electron chi connectivity index (χ0n) is 14.8. The van der Waals surface area contributed by atoms with Crippen LogP contribution < -0.4 is 11.2 Å². The predicted molar refractivity (Wildman–Crippen MR) is 110 cm³/mol. The van der Waals surface area contributed by atoms with E-state index >= 15 is 0 Å². The average Bonchev–Trinajstić information content (AvgIpc) is 3.12. The Hall–Kier alpha value is -4.05. The molecule has 29 heavy (non-hydrogen) atoms. The molecule has 0 amide bonds. The van der Waals surface area contributed by atoms with Crippen LogP contribution in [-0.2, 0) is 0 Å². The average molecular weight is 409 g/mol. The van der Waals surface area contributed by atoms with E-state index in [-0.39, 0.29) is 16.2 Å². The number of benzene rings is 2. The molecule has 0 bridgehead atoms. The van der Waals surface area contributed by atoms with Gasteiger partial charge >= 0.3 is 11.9 Å². The van der Waals surface area contributed by atoms with Crippen LogP contribution in [0.3, 0.4) is 0 Å². The molecule has 0 aliphatic rings. The second-order valence-electron chi connectivity index (χ2n) is 5.85. The molecular formula is C19H15N5O4S. The van der Waals surface area contributed by atoms with Gasteiger partial charge in [-0.3, -0.25) is 5.43 Å². The fraction of sp³-hybridized carbons (Fsp3) is 0. The van der Waals surface area contributed by atoms with Crippen LogP contribution in [-0.4, -0.2) is 43.3 Å². The molecule has 3 aromatic rings. The Labute approximate surface area is 170 Å². The lowest BCUT2D eigenvalue weighted by atomic mass is 10.1. The van der Waals surface area contributed by atoms with Gasteiger partial charge in [0.25, 0.3) is 0 Å². The number of aromatic nitrogens is 2. The summed E-state index contributed by atoms with van der Waals surface area (Å²) >= 11 is 4.72. The number of thiocarbonyl (C=S) groups is 1. The summed E-state index contributed by atoms with van der Waals surface area (Å²) in [4.78, 5) is 22.1. The van der Waals surface area contributed by atoms with Crippen LogP contribution >= 0.6 is 12.2 Å². The van der Waals surface area contributed by atoms with E-state index in [9.17, 15) is 9.59 Å². The molecule has 5 N–H and O–H groups in total. The van der Waals surface area contributed by atoms with Crippen molar-refractivity contribution in [2.24, 2.45) is 10.8 Å². The lowest BCUT2D eigenvalue weighted by Crippen LogP contribution is -2.24. The number of rotatable bonds is 6. The summed E-state index contributed by atoms with van der Waals surface area (Å²) in [5, 5.41) is 26.6. The van der Waals surface area contributed by atoms with Crippen molar-refractivity contribution in [2.75, 3.05) is 0 Å². The molecule has 0 fully saturated rings. The van der Waals surface area contributed by atoms with E-state index in [1.165, 1.54) is 30.5 Å². The Morgan fingerprint density at radius 2 is 1.59 bits per heavy atom. The first-order valence-electron chi connectivity index (χ1n) is 8.21. The van der Waals surface area contributed by atoms with Crippen LogP contribution in [0.4, 0.5) is 0 Å². The summed E-state index contributed by atoms with van der Waals surface area (Å²) in [5.41, 5.74) is 10.6. The number of carboxylic acid groups (broad SMARTS) is 2. The lowest BCUT2D eigenvalue weighted by Gasteiger charge is -2.02. The molecule has 0 saturated heterocycles. The summed E-state index contributed by atoms with van der Waals surface area (Å²) in [6, 6.07) is 12.4. The number of hydrogen-bond acceptors (Lipinski definition) is 5. The highest BCUT2D eigenvalue weighted by atomic mass is 32.1. The van der Waals surface area contributed by atoms with Gasteiger partial charge in [0.1, 0.15) is 5.69 Å². The van der Waals surface area contributed by atoms with E-state index in [1.54, 1.807) is 35.1 Å². The molecule has 146 valence electrons. The Balaban J connectivity index is 2.03. The van der Waals surface area contributed by atoms with Gasteiger partial charge in [-0.05, 0) is 48.6 Å². The Morgan fingerprint density at radius 3 is 2.10 bits per heavy atom. The standard InChI is InChI=1S/C19H15N5O4S/c20-19(29)22-21-9-14-10-24(15-7-5-13(6-8-15)18(27)28)23-16(14)11-1-3-12(4-2-11)17(25)26/h1-10H,(H,25,26)(H,27,28)(H3,20,22,29)/b21-9+. The van der Waals surface area contributed by atoms with Crippen molar-refractivity contribution in [1.82, 2.24) is 15.2 Å². The highest BCUT2D eigenvalue weighted by Crippen LogP contribution is 2.23. The third-order valence-corrected chi connectivity index (χ3v) is 4.00. The van der Waals surface area contributed by atoms with E-state index in [1.807, 2.05) is 0 Å². The van der Waals surface area contributed by atoms with Gasteiger partial charge in [-0.25, -0.2) is 14.3 Å². The molecule has 0 unspecified atom stereocenters. The van der Waals surface area contributed by atoms with E-state index < -0.39 is 11.9 Å². The second kappa shape index (κ2) is 8.31. The first-order valence-corrected chi connectivity index (χ1v) is 8.61. The summed E-state index contributed by atoms with van der Waals surface area (Å²) < 4.78 is 1.56. The summed E-state index contributed by atoms with van der Waals surface area (Å²) in [5.74, 6) is -2.05. The Kier molecular flexibility index (Phi) is 5.65. The molecule has 0 saturated carbocycles. The molecule has 0 spiro atoms. The van der Waals surface area contributed by atoms with Gasteiger partial charge in [-0.2, -0.15) is 10.2 Å².